The lowest BCUT2D eigenvalue weighted by Gasteiger charge is -2.00. The number of hydrogen-bond donors (Lipinski definition) is 1. The second kappa shape index (κ2) is 8.14. The summed E-state index contributed by atoms with van der Waals surface area (Å²) in [6.07, 6.45) is 1.72. The van der Waals surface area contributed by atoms with E-state index in [9.17, 15) is 4.79 Å². The van der Waals surface area contributed by atoms with E-state index in [1.165, 1.54) is 6.21 Å². The molecule has 0 aliphatic carbocycles. The molecule has 0 aliphatic heterocycles. The van der Waals surface area contributed by atoms with Crippen LogP contribution in [0, 0.1) is 0 Å². The lowest BCUT2D eigenvalue weighted by molar-refractivity contribution is -0.120. The fourth-order valence-corrected chi connectivity index (χ4v) is 2.72. The van der Waals surface area contributed by atoms with E-state index < -0.39 is 0 Å². The smallest absolute Gasteiger partial charge is 0.244 e. The van der Waals surface area contributed by atoms with E-state index >= 15 is 0 Å². The van der Waals surface area contributed by atoms with Gasteiger partial charge in [0.25, 0.3) is 0 Å². The number of carbonyl (C=O) groups excluding carboxylic acids is 1. The van der Waals surface area contributed by atoms with E-state index in [4.69, 9.17) is 16.0 Å². The molecule has 1 amide bonds. The Morgan fingerprint density at radius 1 is 1.12 bits per heavy atom. The molecule has 0 fully saturated rings. The van der Waals surface area contributed by atoms with Gasteiger partial charge in [-0.15, -0.1) is 0 Å². The van der Waals surface area contributed by atoms with Crippen molar-refractivity contribution in [3.63, 3.8) is 0 Å². The van der Waals surface area contributed by atoms with Crippen molar-refractivity contribution in [1.82, 2.24) is 5.43 Å². The van der Waals surface area contributed by atoms with Crippen LogP contribution in [0.4, 0.5) is 0 Å². The molecule has 6 heteroatoms. The van der Waals surface area contributed by atoms with E-state index in [0.717, 1.165) is 15.6 Å². The molecule has 0 saturated heterocycles. The van der Waals surface area contributed by atoms with Crippen LogP contribution in [0.5, 0.6) is 0 Å². The molecule has 1 heterocycles. The van der Waals surface area contributed by atoms with E-state index in [-0.39, 0.29) is 12.3 Å². The van der Waals surface area contributed by atoms with Crippen LogP contribution in [0.1, 0.15) is 11.3 Å². The number of carbonyl (C=O) groups is 1. The van der Waals surface area contributed by atoms with Crippen molar-refractivity contribution in [2.45, 2.75) is 6.42 Å². The fourth-order valence-electron chi connectivity index (χ4n) is 2.22. The lowest BCUT2D eigenvalue weighted by atomic mass is 10.1. The maximum Gasteiger partial charge on any atom is 0.244 e. The number of amides is 1. The predicted molar refractivity (Wildman–Crippen MR) is 103 cm³/mol. The van der Waals surface area contributed by atoms with Crippen LogP contribution in [0.25, 0.3) is 11.3 Å². The third-order valence-electron chi connectivity index (χ3n) is 3.43. The topological polar surface area (TPSA) is 54.6 Å². The van der Waals surface area contributed by atoms with Gasteiger partial charge in [0.05, 0.1) is 17.7 Å². The molecule has 1 aromatic heterocycles. The Balaban J connectivity index is 1.58. The first-order valence-corrected chi connectivity index (χ1v) is 8.70. The molecule has 0 radical (unpaired) electrons. The molecule has 0 atom stereocenters. The summed E-state index contributed by atoms with van der Waals surface area (Å²) < 4.78 is 6.65. The summed E-state index contributed by atoms with van der Waals surface area (Å²) in [5, 5.41) is 4.54. The standard InChI is InChI=1S/C19H14BrClN2O2/c20-14-7-5-13(6-8-14)11-19(24)23-22-12-15-9-10-18(25-15)16-3-1-2-4-17(16)21/h1-10,12H,11H2,(H,23,24)/b22-12-. The summed E-state index contributed by atoms with van der Waals surface area (Å²) in [7, 11) is 0. The van der Waals surface area contributed by atoms with Gasteiger partial charge in [0, 0.05) is 10.0 Å². The Hall–Kier alpha value is -2.37. The molecule has 0 unspecified atom stereocenters. The highest BCUT2D eigenvalue weighted by Gasteiger charge is 2.07. The fraction of sp³-hybridized carbons (Fsp3) is 0.0526. The van der Waals surface area contributed by atoms with Crippen LogP contribution in [-0.2, 0) is 11.2 Å². The molecule has 25 heavy (non-hydrogen) atoms. The Morgan fingerprint density at radius 3 is 2.64 bits per heavy atom. The number of nitrogens with zero attached hydrogens (tertiary/aromatic N) is 1. The second-order valence-electron chi connectivity index (χ2n) is 5.28. The number of benzene rings is 2. The number of hydrogen-bond acceptors (Lipinski definition) is 3. The molecular weight excluding hydrogens is 404 g/mol. The molecule has 3 rings (SSSR count). The van der Waals surface area contributed by atoms with Crippen molar-refractivity contribution in [3.05, 3.63) is 81.5 Å². The number of rotatable bonds is 5. The van der Waals surface area contributed by atoms with Gasteiger partial charge in [-0.25, -0.2) is 5.43 Å². The van der Waals surface area contributed by atoms with Gasteiger partial charge in [-0.2, -0.15) is 5.10 Å². The molecule has 126 valence electrons. The highest BCUT2D eigenvalue weighted by molar-refractivity contribution is 9.10. The highest BCUT2D eigenvalue weighted by atomic mass is 79.9. The molecule has 2 aromatic carbocycles. The maximum atomic E-state index is 11.9. The summed E-state index contributed by atoms with van der Waals surface area (Å²) in [6.45, 7) is 0. The SMILES string of the molecule is O=C(Cc1ccc(Br)cc1)N/N=C\c1ccc(-c2ccccc2Cl)o1. The first kappa shape index (κ1) is 17.5. The average molecular weight is 418 g/mol. The van der Waals surface area contributed by atoms with Crippen molar-refractivity contribution < 1.29 is 9.21 Å². The zero-order chi connectivity index (χ0) is 17.6. The number of halogens is 2. The first-order chi connectivity index (χ1) is 12.1. The largest absolute Gasteiger partial charge is 0.455 e. The Labute approximate surface area is 158 Å². The van der Waals surface area contributed by atoms with Gasteiger partial charge in [-0.3, -0.25) is 4.79 Å². The van der Waals surface area contributed by atoms with Crippen molar-refractivity contribution in [2.24, 2.45) is 5.10 Å². The van der Waals surface area contributed by atoms with Gasteiger partial charge in [0.1, 0.15) is 11.5 Å². The Morgan fingerprint density at radius 2 is 1.88 bits per heavy atom. The second-order valence-corrected chi connectivity index (χ2v) is 6.60. The zero-order valence-electron chi connectivity index (χ0n) is 13.1. The van der Waals surface area contributed by atoms with Gasteiger partial charge in [-0.1, -0.05) is 51.8 Å². The highest BCUT2D eigenvalue weighted by Crippen LogP contribution is 2.28. The van der Waals surface area contributed by atoms with Crippen LogP contribution in [0.15, 0.2) is 74.7 Å². The number of nitrogens with one attached hydrogen (secondary N) is 1. The van der Waals surface area contributed by atoms with Crippen LogP contribution in [0.2, 0.25) is 5.02 Å². The average Bonchev–Trinajstić information content (AvgIpc) is 3.06. The van der Waals surface area contributed by atoms with E-state index in [1.54, 1.807) is 12.1 Å². The number of hydrazone groups is 1. The van der Waals surface area contributed by atoms with Crippen molar-refractivity contribution in [2.75, 3.05) is 0 Å². The van der Waals surface area contributed by atoms with Crippen molar-refractivity contribution in [3.8, 4) is 11.3 Å². The van der Waals surface area contributed by atoms with Gasteiger partial charge < -0.3 is 4.42 Å². The monoisotopic (exact) mass is 416 g/mol. The van der Waals surface area contributed by atoms with Crippen LogP contribution in [0.3, 0.4) is 0 Å². The number of furan rings is 1. The minimum absolute atomic E-state index is 0.198. The van der Waals surface area contributed by atoms with Crippen LogP contribution < -0.4 is 5.43 Å². The quantitative estimate of drug-likeness (QED) is 0.466. The normalized spacial score (nSPS) is 11.0. The summed E-state index contributed by atoms with van der Waals surface area (Å²) in [5.74, 6) is 0.976. The molecule has 0 aliphatic rings. The molecule has 4 nitrogen and oxygen atoms in total. The van der Waals surface area contributed by atoms with Gasteiger partial charge in [0.2, 0.25) is 5.91 Å². The molecule has 0 spiro atoms. The third kappa shape index (κ3) is 4.81. The van der Waals surface area contributed by atoms with Crippen LogP contribution in [-0.4, -0.2) is 12.1 Å². The van der Waals surface area contributed by atoms with Gasteiger partial charge in [0.15, 0.2) is 0 Å². The maximum absolute atomic E-state index is 11.9. The van der Waals surface area contributed by atoms with E-state index in [2.05, 4.69) is 26.5 Å². The summed E-state index contributed by atoms with van der Waals surface area (Å²) in [5.41, 5.74) is 4.21. The molecule has 0 saturated carbocycles. The van der Waals surface area contributed by atoms with E-state index in [0.29, 0.717) is 16.5 Å². The minimum atomic E-state index is -0.198. The summed E-state index contributed by atoms with van der Waals surface area (Å²) in [4.78, 5) is 11.9. The Bertz CT molecular complexity index is 904. The minimum Gasteiger partial charge on any atom is -0.455 e. The summed E-state index contributed by atoms with van der Waals surface area (Å²) >= 11 is 9.51. The van der Waals surface area contributed by atoms with Crippen molar-refractivity contribution in [1.29, 1.82) is 0 Å². The van der Waals surface area contributed by atoms with E-state index in [1.807, 2.05) is 48.5 Å². The van der Waals surface area contributed by atoms with Gasteiger partial charge >= 0.3 is 0 Å². The first-order valence-electron chi connectivity index (χ1n) is 7.53. The molecular formula is C19H14BrClN2O2. The van der Waals surface area contributed by atoms with Gasteiger partial charge in [-0.05, 0) is 42.0 Å². The summed E-state index contributed by atoms with van der Waals surface area (Å²) in [6, 6.07) is 18.6. The molecule has 0 bridgehead atoms. The molecule has 1 N–H and O–H groups in total. The van der Waals surface area contributed by atoms with Crippen LogP contribution >= 0.6 is 27.5 Å². The Kier molecular flexibility index (Phi) is 5.68. The molecule has 3 aromatic rings. The van der Waals surface area contributed by atoms with Crippen molar-refractivity contribution >= 4 is 39.7 Å². The predicted octanol–water partition coefficient (Wildman–Crippen LogP) is 5.06. The zero-order valence-corrected chi connectivity index (χ0v) is 15.4. The third-order valence-corrected chi connectivity index (χ3v) is 4.28. The lowest BCUT2D eigenvalue weighted by Crippen LogP contribution is -2.19.